The molecule has 21 heavy (non-hydrogen) atoms. The highest BCUT2D eigenvalue weighted by atomic mass is 16.5. The number of pyridine rings is 1. The van der Waals surface area contributed by atoms with Crippen LogP contribution < -0.4 is 10.2 Å². The molecule has 108 valence electrons. The molecular formula is C17H19N3O. The van der Waals surface area contributed by atoms with Crippen molar-refractivity contribution in [1.29, 1.82) is 0 Å². The molecule has 3 heterocycles. The Bertz CT molecular complexity index is 650. The van der Waals surface area contributed by atoms with E-state index in [1.165, 1.54) is 22.5 Å². The number of morpholine rings is 1. The van der Waals surface area contributed by atoms with Crippen LogP contribution in [0.4, 0.5) is 17.2 Å². The molecule has 1 saturated heterocycles. The van der Waals surface area contributed by atoms with Crippen LogP contribution in [0.3, 0.4) is 0 Å². The highest BCUT2D eigenvalue weighted by Gasteiger charge is 2.16. The molecule has 1 aromatic carbocycles. The van der Waals surface area contributed by atoms with Gasteiger partial charge in [-0.15, -0.1) is 0 Å². The number of nitrogens with zero attached hydrogens (tertiary/aromatic N) is 2. The first-order chi connectivity index (χ1) is 10.4. The van der Waals surface area contributed by atoms with E-state index in [0.29, 0.717) is 0 Å². The van der Waals surface area contributed by atoms with E-state index in [1.807, 2.05) is 12.3 Å². The minimum absolute atomic E-state index is 0.824. The van der Waals surface area contributed by atoms with E-state index < -0.39 is 0 Å². The summed E-state index contributed by atoms with van der Waals surface area (Å²) in [5.74, 6) is 0.996. The van der Waals surface area contributed by atoms with Crippen LogP contribution in [0.25, 0.3) is 0 Å². The average Bonchev–Trinajstić information content (AvgIpc) is 2.74. The van der Waals surface area contributed by atoms with Gasteiger partial charge < -0.3 is 15.0 Å². The first kappa shape index (κ1) is 12.7. The Morgan fingerprint density at radius 2 is 1.90 bits per heavy atom. The lowest BCUT2D eigenvalue weighted by molar-refractivity contribution is 0.122. The third-order valence-corrected chi connectivity index (χ3v) is 4.27. The number of aromatic nitrogens is 1. The first-order valence-corrected chi connectivity index (χ1v) is 7.57. The van der Waals surface area contributed by atoms with Crippen LogP contribution in [0.5, 0.6) is 0 Å². The lowest BCUT2D eigenvalue weighted by atomic mass is 10.0. The zero-order chi connectivity index (χ0) is 14.1. The largest absolute Gasteiger partial charge is 0.378 e. The quantitative estimate of drug-likeness (QED) is 0.872. The van der Waals surface area contributed by atoms with Gasteiger partial charge in [-0.2, -0.15) is 0 Å². The van der Waals surface area contributed by atoms with Crippen molar-refractivity contribution in [2.45, 2.75) is 12.8 Å². The number of fused-ring (bicyclic) bond motifs is 2. The van der Waals surface area contributed by atoms with Gasteiger partial charge in [0.15, 0.2) is 0 Å². The van der Waals surface area contributed by atoms with Crippen molar-refractivity contribution in [2.24, 2.45) is 0 Å². The number of aryl methyl sites for hydroxylation is 2. The Kier molecular flexibility index (Phi) is 3.24. The van der Waals surface area contributed by atoms with Gasteiger partial charge in [0, 0.05) is 30.7 Å². The number of ether oxygens (including phenoxy) is 1. The van der Waals surface area contributed by atoms with Gasteiger partial charge in [0.2, 0.25) is 0 Å². The van der Waals surface area contributed by atoms with Crippen LogP contribution in [0.2, 0.25) is 0 Å². The lowest BCUT2D eigenvalue weighted by Gasteiger charge is -2.29. The number of anilines is 3. The highest BCUT2D eigenvalue weighted by molar-refractivity contribution is 5.68. The molecule has 0 saturated carbocycles. The van der Waals surface area contributed by atoms with Crippen molar-refractivity contribution in [3.8, 4) is 0 Å². The van der Waals surface area contributed by atoms with Crippen molar-refractivity contribution in [1.82, 2.24) is 4.98 Å². The van der Waals surface area contributed by atoms with Gasteiger partial charge in [0.1, 0.15) is 5.82 Å². The fourth-order valence-electron chi connectivity index (χ4n) is 3.08. The summed E-state index contributed by atoms with van der Waals surface area (Å²) in [5, 5.41) is 3.48. The molecular weight excluding hydrogens is 262 g/mol. The van der Waals surface area contributed by atoms with Crippen LogP contribution in [-0.2, 0) is 17.6 Å². The zero-order valence-electron chi connectivity index (χ0n) is 12.0. The maximum Gasteiger partial charge on any atom is 0.133 e. The predicted molar refractivity (Wildman–Crippen MR) is 84.4 cm³/mol. The third kappa shape index (κ3) is 2.47. The molecule has 0 aliphatic carbocycles. The lowest BCUT2D eigenvalue weighted by Crippen LogP contribution is -2.36. The third-order valence-electron chi connectivity index (χ3n) is 4.27. The van der Waals surface area contributed by atoms with E-state index >= 15 is 0 Å². The minimum Gasteiger partial charge on any atom is -0.378 e. The molecule has 0 atom stereocenters. The van der Waals surface area contributed by atoms with Gasteiger partial charge in [0.05, 0.1) is 13.2 Å². The molecule has 2 aliphatic rings. The van der Waals surface area contributed by atoms with Crippen LogP contribution in [0, 0.1) is 0 Å². The number of hydrogen-bond acceptors (Lipinski definition) is 4. The van der Waals surface area contributed by atoms with Crippen LogP contribution >= 0.6 is 0 Å². The molecule has 0 unspecified atom stereocenters. The maximum atomic E-state index is 5.43. The summed E-state index contributed by atoms with van der Waals surface area (Å²) in [6.07, 6.45) is 3.94. The summed E-state index contributed by atoms with van der Waals surface area (Å²) in [6.45, 7) is 3.61. The van der Waals surface area contributed by atoms with Crippen LogP contribution in [0.1, 0.15) is 11.1 Å². The number of nitrogens with one attached hydrogen (secondary N) is 1. The van der Waals surface area contributed by atoms with Gasteiger partial charge in [-0.05, 0) is 48.2 Å². The Labute approximate surface area is 124 Å². The second kappa shape index (κ2) is 5.37. The summed E-state index contributed by atoms with van der Waals surface area (Å²) in [5.41, 5.74) is 5.15. The summed E-state index contributed by atoms with van der Waals surface area (Å²) in [7, 11) is 0. The van der Waals surface area contributed by atoms with E-state index in [1.54, 1.807) is 0 Å². The summed E-state index contributed by atoms with van der Waals surface area (Å²) in [6, 6.07) is 10.9. The Morgan fingerprint density at radius 1 is 1.05 bits per heavy atom. The van der Waals surface area contributed by atoms with E-state index in [4.69, 9.17) is 4.74 Å². The highest BCUT2D eigenvalue weighted by Crippen LogP contribution is 2.31. The first-order valence-electron chi connectivity index (χ1n) is 7.57. The minimum atomic E-state index is 0.824. The predicted octanol–water partition coefficient (Wildman–Crippen LogP) is 2.76. The summed E-state index contributed by atoms with van der Waals surface area (Å²) < 4.78 is 5.43. The topological polar surface area (TPSA) is 37.4 Å². The average molecular weight is 281 g/mol. The number of hydrogen-bond donors (Lipinski definition) is 1. The van der Waals surface area contributed by atoms with Gasteiger partial charge >= 0.3 is 0 Å². The Morgan fingerprint density at radius 3 is 2.81 bits per heavy atom. The Hall–Kier alpha value is -2.07. The van der Waals surface area contributed by atoms with E-state index in [0.717, 1.165) is 45.0 Å². The fraction of sp³-hybridized carbons (Fsp3) is 0.353. The number of benzene rings is 1. The Balaban J connectivity index is 1.64. The summed E-state index contributed by atoms with van der Waals surface area (Å²) >= 11 is 0. The maximum absolute atomic E-state index is 5.43. The second-order valence-corrected chi connectivity index (χ2v) is 5.58. The molecule has 0 amide bonds. The van der Waals surface area contributed by atoms with E-state index in [-0.39, 0.29) is 0 Å². The molecule has 1 aromatic heterocycles. The van der Waals surface area contributed by atoms with Gasteiger partial charge in [-0.25, -0.2) is 4.98 Å². The van der Waals surface area contributed by atoms with E-state index in [9.17, 15) is 0 Å². The normalized spacial score (nSPS) is 17.4. The molecule has 4 heteroatoms. The van der Waals surface area contributed by atoms with Crippen molar-refractivity contribution in [3.05, 3.63) is 47.7 Å². The molecule has 4 nitrogen and oxygen atoms in total. The molecule has 0 radical (unpaired) electrons. The van der Waals surface area contributed by atoms with Gasteiger partial charge in [-0.3, -0.25) is 0 Å². The smallest absolute Gasteiger partial charge is 0.133 e. The van der Waals surface area contributed by atoms with E-state index in [2.05, 4.69) is 39.5 Å². The van der Waals surface area contributed by atoms with Crippen molar-refractivity contribution in [2.75, 3.05) is 36.5 Å². The van der Waals surface area contributed by atoms with Crippen LogP contribution in [-0.4, -0.2) is 31.3 Å². The van der Waals surface area contributed by atoms with Gasteiger partial charge in [-0.1, -0.05) is 6.07 Å². The monoisotopic (exact) mass is 281 g/mol. The molecule has 1 fully saturated rings. The van der Waals surface area contributed by atoms with Crippen molar-refractivity contribution < 1.29 is 4.74 Å². The van der Waals surface area contributed by atoms with Crippen LogP contribution in [0.15, 0.2) is 36.5 Å². The molecule has 0 spiro atoms. The second-order valence-electron chi connectivity index (χ2n) is 5.58. The zero-order valence-corrected chi connectivity index (χ0v) is 12.0. The van der Waals surface area contributed by atoms with Crippen molar-refractivity contribution >= 4 is 17.2 Å². The SMILES string of the molecule is c1cnc2c(c1)CCc1cc(N3CCOCC3)ccc1N2. The standard InChI is InChI=1S/C17H19N3O/c1-2-13-3-4-14-12-15(20-8-10-21-11-9-20)5-6-16(14)19-17(13)18-7-1/h1-2,5-7,12H,3-4,8-11H2,(H,18,19). The molecule has 0 bridgehead atoms. The molecule has 1 N–H and O–H groups in total. The number of rotatable bonds is 1. The molecule has 4 rings (SSSR count). The molecule has 2 aliphatic heterocycles. The van der Waals surface area contributed by atoms with Gasteiger partial charge in [0.25, 0.3) is 0 Å². The molecule has 2 aromatic rings. The summed E-state index contributed by atoms with van der Waals surface area (Å²) in [4.78, 5) is 6.86. The fourth-order valence-corrected chi connectivity index (χ4v) is 3.08. The van der Waals surface area contributed by atoms with Crippen molar-refractivity contribution in [3.63, 3.8) is 0 Å².